The molecule has 0 unspecified atom stereocenters. The smallest absolute Gasteiger partial charge is 0.339 e. The normalized spacial score (nSPS) is 9.56. The van der Waals surface area contributed by atoms with Crippen molar-refractivity contribution < 1.29 is 29.3 Å². The second-order valence-corrected chi connectivity index (χ2v) is 2.87. The number of hydrogen-bond donors (Lipinski definition) is 2. The summed E-state index contributed by atoms with van der Waals surface area (Å²) in [6.07, 6.45) is 0.318. The van der Waals surface area contributed by atoms with Gasteiger partial charge >= 0.3 is 11.9 Å². The molecule has 0 heterocycles. The molecule has 16 heavy (non-hydrogen) atoms. The summed E-state index contributed by atoms with van der Waals surface area (Å²) in [6.45, 7) is 0. The summed E-state index contributed by atoms with van der Waals surface area (Å²) in [4.78, 5) is 32.5. The lowest BCUT2D eigenvalue weighted by atomic mass is 10.0. The molecule has 1 rings (SSSR count). The fourth-order valence-corrected chi connectivity index (χ4v) is 1.16. The number of carbonyl (C=O) groups is 3. The number of aromatic carboxylic acids is 1. The van der Waals surface area contributed by atoms with Gasteiger partial charge in [0.25, 0.3) is 0 Å². The highest BCUT2D eigenvalue weighted by Crippen LogP contribution is 2.22. The summed E-state index contributed by atoms with van der Waals surface area (Å²) in [5.41, 5.74) is -0.781. The minimum absolute atomic E-state index is 0.151. The van der Waals surface area contributed by atoms with Crippen LogP contribution in [0.15, 0.2) is 12.1 Å². The Hall–Kier alpha value is -2.37. The van der Waals surface area contributed by atoms with E-state index in [4.69, 9.17) is 5.11 Å². The molecule has 6 heteroatoms. The van der Waals surface area contributed by atoms with Gasteiger partial charge in [0.05, 0.1) is 12.7 Å². The van der Waals surface area contributed by atoms with Crippen LogP contribution >= 0.6 is 0 Å². The number of carboxylic acid groups (broad SMARTS) is 1. The molecule has 0 aromatic heterocycles. The van der Waals surface area contributed by atoms with Crippen LogP contribution in [0.25, 0.3) is 0 Å². The summed E-state index contributed by atoms with van der Waals surface area (Å²) >= 11 is 0. The van der Waals surface area contributed by atoms with Gasteiger partial charge in [-0.15, -0.1) is 0 Å². The number of methoxy groups -OCH3 is 1. The zero-order valence-corrected chi connectivity index (χ0v) is 8.26. The monoisotopic (exact) mass is 224 g/mol. The Morgan fingerprint density at radius 3 is 2.38 bits per heavy atom. The molecule has 1 aromatic carbocycles. The lowest BCUT2D eigenvalue weighted by Gasteiger charge is -2.05. The van der Waals surface area contributed by atoms with E-state index < -0.39 is 23.3 Å². The van der Waals surface area contributed by atoms with Gasteiger partial charge < -0.3 is 14.9 Å². The largest absolute Gasteiger partial charge is 0.507 e. The third-order valence-electron chi connectivity index (χ3n) is 1.93. The summed E-state index contributed by atoms with van der Waals surface area (Å²) in [6, 6.07) is 1.80. The van der Waals surface area contributed by atoms with Crippen LogP contribution < -0.4 is 0 Å². The third kappa shape index (κ3) is 2.00. The van der Waals surface area contributed by atoms with Crippen LogP contribution in [0.1, 0.15) is 31.1 Å². The fourth-order valence-electron chi connectivity index (χ4n) is 1.16. The first-order chi connectivity index (χ1) is 7.51. The predicted molar refractivity (Wildman–Crippen MR) is 51.8 cm³/mol. The number of aromatic hydroxyl groups is 1. The van der Waals surface area contributed by atoms with Crippen molar-refractivity contribution in [3.8, 4) is 5.75 Å². The van der Waals surface area contributed by atoms with Crippen molar-refractivity contribution in [3.05, 3.63) is 28.8 Å². The maximum absolute atomic E-state index is 11.2. The molecule has 0 aliphatic rings. The lowest BCUT2D eigenvalue weighted by Crippen LogP contribution is -2.08. The number of aldehydes is 1. The van der Waals surface area contributed by atoms with Crippen molar-refractivity contribution >= 4 is 18.2 Å². The second-order valence-electron chi connectivity index (χ2n) is 2.87. The highest BCUT2D eigenvalue weighted by atomic mass is 16.5. The highest BCUT2D eigenvalue weighted by Gasteiger charge is 2.18. The van der Waals surface area contributed by atoms with E-state index in [0.717, 1.165) is 19.2 Å². The van der Waals surface area contributed by atoms with E-state index in [1.54, 1.807) is 0 Å². The number of esters is 1. The molecule has 0 saturated carbocycles. The molecule has 0 amide bonds. The summed E-state index contributed by atoms with van der Waals surface area (Å²) < 4.78 is 4.38. The molecule has 0 atom stereocenters. The van der Waals surface area contributed by atoms with Crippen molar-refractivity contribution in [2.75, 3.05) is 7.11 Å². The highest BCUT2D eigenvalue weighted by molar-refractivity contribution is 6.02. The maximum atomic E-state index is 11.2. The Kier molecular flexibility index (Phi) is 3.24. The molecule has 0 fully saturated rings. The van der Waals surface area contributed by atoms with E-state index in [1.807, 2.05) is 0 Å². The molecule has 84 valence electrons. The molecule has 0 aliphatic heterocycles. The average Bonchev–Trinajstić information content (AvgIpc) is 2.27. The quantitative estimate of drug-likeness (QED) is 0.578. The van der Waals surface area contributed by atoms with E-state index in [0.29, 0.717) is 6.29 Å². The van der Waals surface area contributed by atoms with E-state index in [-0.39, 0.29) is 11.1 Å². The first-order valence-corrected chi connectivity index (χ1v) is 4.15. The number of rotatable bonds is 3. The number of carboxylic acids is 1. The molecule has 0 saturated heterocycles. The number of ether oxygens (including phenoxy) is 1. The summed E-state index contributed by atoms with van der Waals surface area (Å²) in [7, 11) is 1.11. The van der Waals surface area contributed by atoms with Gasteiger partial charge in [-0.2, -0.15) is 0 Å². The molecule has 6 nitrogen and oxygen atoms in total. The molecule has 0 radical (unpaired) electrons. The van der Waals surface area contributed by atoms with Gasteiger partial charge in [0.2, 0.25) is 0 Å². The molecule has 2 N–H and O–H groups in total. The van der Waals surface area contributed by atoms with Gasteiger partial charge in [-0.1, -0.05) is 0 Å². The van der Waals surface area contributed by atoms with Crippen LogP contribution in [-0.4, -0.2) is 35.5 Å². The van der Waals surface area contributed by atoms with E-state index in [9.17, 15) is 19.5 Å². The topological polar surface area (TPSA) is 101 Å². The lowest BCUT2D eigenvalue weighted by molar-refractivity contribution is 0.0595. The maximum Gasteiger partial charge on any atom is 0.339 e. The standard InChI is InChI=1S/C10H8O6/c1-16-10(15)6-3-8(12)7(9(13)14)2-5(6)4-11/h2-4,12H,1H3,(H,13,14). The second kappa shape index (κ2) is 4.43. The van der Waals surface area contributed by atoms with Gasteiger partial charge in [0, 0.05) is 5.56 Å². The number of carbonyl (C=O) groups excluding carboxylic acids is 2. The van der Waals surface area contributed by atoms with Crippen molar-refractivity contribution in [1.29, 1.82) is 0 Å². The first kappa shape index (κ1) is 11.7. The number of hydrogen-bond acceptors (Lipinski definition) is 5. The zero-order valence-electron chi connectivity index (χ0n) is 8.26. The van der Waals surface area contributed by atoms with Gasteiger partial charge in [-0.05, 0) is 12.1 Å². The molecule has 0 spiro atoms. The van der Waals surface area contributed by atoms with Crippen LogP contribution in [0.5, 0.6) is 5.75 Å². The van der Waals surface area contributed by atoms with Gasteiger partial charge in [-0.25, -0.2) is 9.59 Å². The molecule has 0 aliphatic carbocycles. The Bertz CT molecular complexity index is 463. The Labute approximate surface area is 90.1 Å². The van der Waals surface area contributed by atoms with Gasteiger partial charge in [-0.3, -0.25) is 4.79 Å². The van der Waals surface area contributed by atoms with Gasteiger partial charge in [0.1, 0.15) is 11.3 Å². The molecular formula is C10H8O6. The van der Waals surface area contributed by atoms with Crippen LogP contribution in [-0.2, 0) is 4.74 Å². The Morgan fingerprint density at radius 1 is 1.31 bits per heavy atom. The minimum Gasteiger partial charge on any atom is -0.507 e. The average molecular weight is 224 g/mol. The molecular weight excluding hydrogens is 216 g/mol. The zero-order chi connectivity index (χ0) is 12.3. The van der Waals surface area contributed by atoms with Crippen molar-refractivity contribution in [1.82, 2.24) is 0 Å². The minimum atomic E-state index is -1.39. The molecule has 0 bridgehead atoms. The molecule has 1 aromatic rings. The first-order valence-electron chi connectivity index (χ1n) is 4.15. The Balaban J connectivity index is 3.43. The van der Waals surface area contributed by atoms with E-state index >= 15 is 0 Å². The van der Waals surface area contributed by atoms with E-state index in [1.165, 1.54) is 0 Å². The summed E-state index contributed by atoms with van der Waals surface area (Å²) in [5, 5.41) is 18.0. The van der Waals surface area contributed by atoms with Crippen LogP contribution in [0, 0.1) is 0 Å². The van der Waals surface area contributed by atoms with Crippen molar-refractivity contribution in [3.63, 3.8) is 0 Å². The van der Waals surface area contributed by atoms with E-state index in [2.05, 4.69) is 4.74 Å². The number of benzene rings is 1. The van der Waals surface area contributed by atoms with Crippen LogP contribution in [0.2, 0.25) is 0 Å². The third-order valence-corrected chi connectivity index (χ3v) is 1.93. The van der Waals surface area contributed by atoms with Gasteiger partial charge in [0.15, 0.2) is 6.29 Å². The van der Waals surface area contributed by atoms with Crippen molar-refractivity contribution in [2.45, 2.75) is 0 Å². The van der Waals surface area contributed by atoms with Crippen molar-refractivity contribution in [2.24, 2.45) is 0 Å². The number of phenols is 1. The fraction of sp³-hybridized carbons (Fsp3) is 0.100. The van der Waals surface area contributed by atoms with Crippen LogP contribution in [0.4, 0.5) is 0 Å². The predicted octanol–water partition coefficient (Wildman–Crippen LogP) is 0.690. The summed E-state index contributed by atoms with van der Waals surface area (Å²) in [5.74, 6) is -2.81. The SMILES string of the molecule is COC(=O)c1cc(O)c(C(=O)O)cc1C=O. The van der Waals surface area contributed by atoms with Crippen LogP contribution in [0.3, 0.4) is 0 Å². The Morgan fingerprint density at radius 2 is 1.94 bits per heavy atom.